The van der Waals surface area contributed by atoms with Gasteiger partial charge in [-0.15, -0.1) is 5.06 Å². The number of carbonyl (C=O) groups excluding carboxylic acids is 11. The molecule has 35 nitrogen and oxygen atoms in total. The minimum absolute atomic E-state index is 0.0118. The van der Waals surface area contributed by atoms with E-state index < -0.39 is 53.5 Å². The Morgan fingerprint density at radius 2 is 0.722 bits per heavy atom. The predicted molar refractivity (Wildman–Crippen MR) is 534 cm³/mol. The molecule has 9 amide bonds. The highest BCUT2D eigenvalue weighted by Crippen LogP contribution is 2.49. The van der Waals surface area contributed by atoms with Gasteiger partial charge < -0.3 is 108 Å². The minimum Gasteiger partial charge on any atom is -0.493 e. The van der Waals surface area contributed by atoms with Crippen molar-refractivity contribution < 1.29 is 125 Å². The molecule has 768 valence electrons. The monoisotopic (exact) mass is 2020 g/mol. The van der Waals surface area contributed by atoms with Crippen LogP contribution in [0.25, 0.3) is 0 Å². The number of nitrogens with one attached hydrogen (secondary N) is 4. The summed E-state index contributed by atoms with van der Waals surface area (Å²) in [5.74, 6) is 1.29. The van der Waals surface area contributed by atoms with Gasteiger partial charge in [0, 0.05) is 77.6 Å². The molecule has 4 aliphatic heterocycles. The van der Waals surface area contributed by atoms with Crippen molar-refractivity contribution in [3.8, 4) is 46.0 Å². The molecule has 8 aromatic carbocycles. The summed E-state index contributed by atoms with van der Waals surface area (Å²) < 4.78 is 60.1. The zero-order chi connectivity index (χ0) is 104. The molecule has 8 aromatic rings. The van der Waals surface area contributed by atoms with Crippen LogP contribution in [0.1, 0.15) is 256 Å². The molecule has 16 rings (SSSR count). The van der Waals surface area contributed by atoms with Gasteiger partial charge in [-0.1, -0.05) is 71.7 Å². The number of nitrogens with zero attached hydrogens (tertiary/aromatic N) is 5. The Morgan fingerprint density at radius 3 is 1.03 bits per heavy atom. The molecule has 8 aliphatic rings. The number of anilines is 4. The number of carboxylic acids is 1. The quantitative estimate of drug-likeness (QED) is 0.0120. The number of ether oxygens (including phenoxy) is 11. The number of aliphatic hydroxyl groups excluding tert-OH is 1. The summed E-state index contributed by atoms with van der Waals surface area (Å²) in [6.07, 6.45) is 5.05. The lowest BCUT2D eigenvalue weighted by Gasteiger charge is -2.32. The fourth-order valence-corrected chi connectivity index (χ4v) is 17.9. The second kappa shape index (κ2) is 47.4. The number of aliphatic hydroxyl groups is 1. The van der Waals surface area contributed by atoms with Gasteiger partial charge in [0.05, 0.1) is 151 Å². The lowest BCUT2D eigenvalue weighted by atomic mass is 10.0. The maximum absolute atomic E-state index is 14.1. The smallest absolute Gasteiger partial charge is 0.493 e. The Balaban J connectivity index is 0.000000163. The van der Waals surface area contributed by atoms with Gasteiger partial charge in [-0.3, -0.25) is 47.9 Å². The van der Waals surface area contributed by atoms with Crippen molar-refractivity contribution in [3.05, 3.63) is 210 Å². The van der Waals surface area contributed by atoms with Crippen molar-refractivity contribution in [2.75, 3.05) is 96.4 Å². The standard InChI is InChI=1S/C34H45N3O9.C25H27ClN2O6.C24H25ClN2O6.C24H28N2O5/c1-9-43-27-19-22(15-16-26(27)42-8)25(17-18-37(31(40)44-33(2,3)4)46-32(41)45-34(5,6)7)36-20-23-11-10-12-24(28(23)30(36)39)35-29(38)21-13-14-21;1-4-34-21-11-15(7-10-20(21)32-2)19(12-22(29)33-3)28-13-16-17(26)8-9-18(23(16)25(28)31)27-24(30)14-5-6-14;1-3-33-20-10-14(6-9-19(20)32-2)18(11-21(28)29)27-12-15-16(25)7-8-17(22(15)24(27)31)26-23(30)13-4-5-13;1-3-31-21-13-16(9-10-20(21)30-2)19(11-12-27)26-14-17-5-4-6-18(22(17)24(26)29)25-23(28)15-7-8-15/h10-12,15-16,19,21,25H,9,13-14,17-18,20H2,1-8H3,(H,35,38);7-11,14,19H,4-6,12-13H2,1-3H3,(H,27,30);6-10,13,18H,3-5,11-12H2,1-2H3,(H,26,30)(H,28,29);4-6,9-10,13,15,19,27H,3,7-8,11-12,14H2,1-2H3,(H,25,28)/t;19-;18-;19-/m.111/s1. The van der Waals surface area contributed by atoms with Crippen molar-refractivity contribution in [3.63, 3.8) is 0 Å². The Bertz CT molecular complexity index is 6140. The van der Waals surface area contributed by atoms with Crippen LogP contribution in [-0.2, 0) is 74.0 Å². The summed E-state index contributed by atoms with van der Waals surface area (Å²) in [5.41, 5.74) is 7.45. The topological polar surface area (TPSA) is 420 Å². The molecule has 37 heteroatoms. The van der Waals surface area contributed by atoms with Crippen molar-refractivity contribution in [1.82, 2.24) is 24.7 Å². The largest absolute Gasteiger partial charge is 0.534 e. The molecule has 0 spiro atoms. The minimum atomic E-state index is -1.07. The number of halogens is 2. The van der Waals surface area contributed by atoms with Gasteiger partial charge in [-0.05, 0) is 252 Å². The molecule has 4 heterocycles. The number of rotatable bonds is 37. The molecule has 0 bridgehead atoms. The maximum Gasteiger partial charge on any atom is 0.534 e. The molecular formula is C107H125Cl2N9O26. The van der Waals surface area contributed by atoms with Gasteiger partial charge in [0.2, 0.25) is 23.6 Å². The molecule has 1 unspecified atom stereocenters. The van der Waals surface area contributed by atoms with Crippen LogP contribution in [0.4, 0.5) is 32.3 Å². The zero-order valence-electron chi connectivity index (χ0n) is 83.6. The normalized spacial score (nSPS) is 15.5. The van der Waals surface area contributed by atoms with Crippen molar-refractivity contribution in [2.24, 2.45) is 23.7 Å². The van der Waals surface area contributed by atoms with Gasteiger partial charge >= 0.3 is 24.2 Å². The second-order valence-electron chi connectivity index (χ2n) is 37.6. The summed E-state index contributed by atoms with van der Waals surface area (Å²) in [6, 6.07) is 36.6. The number of hydrogen-bond acceptors (Lipinski definition) is 25. The summed E-state index contributed by atoms with van der Waals surface area (Å²) >= 11 is 12.9. The lowest BCUT2D eigenvalue weighted by Crippen LogP contribution is -2.41. The summed E-state index contributed by atoms with van der Waals surface area (Å²) in [5, 5.41) is 32.6. The number of methoxy groups -OCH3 is 5. The third-order valence-corrected chi connectivity index (χ3v) is 25.7. The first-order chi connectivity index (χ1) is 68.9. The van der Waals surface area contributed by atoms with Crippen molar-refractivity contribution in [1.29, 1.82) is 0 Å². The highest BCUT2D eigenvalue weighted by atomic mass is 35.5. The molecule has 0 radical (unpaired) electrons. The third-order valence-electron chi connectivity index (χ3n) is 25.0. The van der Waals surface area contributed by atoms with Crippen LogP contribution in [0.3, 0.4) is 0 Å². The Kier molecular flexibility index (Phi) is 35.3. The summed E-state index contributed by atoms with van der Waals surface area (Å²) in [4.78, 5) is 166. The molecule has 4 aliphatic carbocycles. The third kappa shape index (κ3) is 26.3. The van der Waals surface area contributed by atoms with Crippen LogP contribution in [0.5, 0.6) is 46.0 Å². The molecule has 0 aromatic heterocycles. The average Bonchev–Trinajstić information content (AvgIpc) is 1.68. The Hall–Kier alpha value is -14.1. The van der Waals surface area contributed by atoms with Crippen molar-refractivity contribution >= 4 is 117 Å². The highest BCUT2D eigenvalue weighted by Gasteiger charge is 2.46. The van der Waals surface area contributed by atoms with E-state index >= 15 is 0 Å². The van der Waals surface area contributed by atoms with Crippen LogP contribution in [0.2, 0.25) is 10.0 Å². The lowest BCUT2D eigenvalue weighted by molar-refractivity contribution is -0.142. The average molecular weight is 2020 g/mol. The van der Waals surface area contributed by atoms with E-state index in [0.717, 1.165) is 73.1 Å². The first-order valence-electron chi connectivity index (χ1n) is 48.3. The van der Waals surface area contributed by atoms with Crippen LogP contribution >= 0.6 is 23.2 Å². The van der Waals surface area contributed by atoms with Crippen molar-refractivity contribution in [2.45, 2.75) is 208 Å². The number of carbonyl (C=O) groups is 12. The van der Waals surface area contributed by atoms with E-state index in [9.17, 15) is 67.7 Å². The van der Waals surface area contributed by atoms with E-state index in [1.165, 1.54) is 19.1 Å². The second-order valence-corrected chi connectivity index (χ2v) is 38.4. The van der Waals surface area contributed by atoms with E-state index in [-0.39, 0.29) is 129 Å². The molecule has 0 saturated heterocycles. The highest BCUT2D eigenvalue weighted by molar-refractivity contribution is 6.33. The van der Waals surface area contributed by atoms with E-state index in [1.807, 2.05) is 76.2 Å². The molecule has 4 atom stereocenters. The number of benzene rings is 8. The van der Waals surface area contributed by atoms with Crippen LogP contribution < -0.4 is 59.2 Å². The SMILES string of the molecule is CCOc1cc(C(CCN(OC(=O)OC(C)(C)C)C(=O)OC(C)(C)C)N2Cc3cccc(NC(=O)C4CC4)c3C2=O)ccc1OC.CCOc1cc([C@@H](CC(=O)O)N2Cc3c(Cl)ccc(NC(=O)C4CC4)c3C2=O)ccc1OC.CCOc1cc([C@@H](CC(=O)OC)N2Cc3c(Cl)ccc(NC(=O)C4CC4)c3C2=O)ccc1OC.CCOc1cc([C@@H](CCO)N2Cc3cccc(NC(=O)C4CC4)c3C2=O)ccc1OC. The van der Waals surface area contributed by atoms with E-state index in [1.54, 1.807) is 163 Å². The van der Waals surface area contributed by atoms with Gasteiger partial charge in [0.1, 0.15) is 11.2 Å². The fraction of sp³-hybridized carbons (Fsp3) is 0.439. The van der Waals surface area contributed by atoms with Crippen LogP contribution in [0, 0.1) is 23.7 Å². The Morgan fingerprint density at radius 1 is 0.403 bits per heavy atom. The van der Waals surface area contributed by atoms with Crippen LogP contribution in [-0.4, -0.2) is 193 Å². The first kappa shape index (κ1) is 107. The number of amides is 9. The van der Waals surface area contributed by atoms with E-state index in [4.69, 9.17) is 80.1 Å². The predicted octanol–water partition coefficient (Wildman–Crippen LogP) is 18.8. The molecule has 4 saturated carbocycles. The van der Waals surface area contributed by atoms with Gasteiger partial charge in [0.15, 0.2) is 46.0 Å². The van der Waals surface area contributed by atoms with Gasteiger partial charge in [-0.25, -0.2) is 9.59 Å². The fourth-order valence-electron chi connectivity index (χ4n) is 17.4. The summed E-state index contributed by atoms with van der Waals surface area (Å²) in [7, 11) is 7.50. The molecule has 4 fully saturated rings. The van der Waals surface area contributed by atoms with Gasteiger partial charge in [-0.2, -0.15) is 0 Å². The Labute approximate surface area is 846 Å². The van der Waals surface area contributed by atoms with Gasteiger partial charge in [0.25, 0.3) is 23.6 Å². The number of esters is 1. The maximum atomic E-state index is 14.1. The van der Waals surface area contributed by atoms with Crippen LogP contribution in [0.15, 0.2) is 133 Å². The number of fused-ring (bicyclic) bond motifs is 4. The number of hydroxylamine groups is 2. The number of aliphatic carboxylic acids is 1. The molecule has 6 N–H and O–H groups in total. The van der Waals surface area contributed by atoms with E-state index in [2.05, 4.69) is 21.3 Å². The number of carboxylic acid groups (broad SMARTS) is 1. The molecule has 144 heavy (non-hydrogen) atoms. The first-order valence-corrected chi connectivity index (χ1v) is 49.0. The summed E-state index contributed by atoms with van der Waals surface area (Å²) in [6.45, 7) is 20.1. The number of hydrogen-bond donors (Lipinski definition) is 6. The molecular weight excluding hydrogens is 1900 g/mol. The van der Waals surface area contributed by atoms with E-state index in [0.29, 0.717) is 168 Å². The zero-order valence-corrected chi connectivity index (χ0v) is 85.1.